The van der Waals surface area contributed by atoms with Gasteiger partial charge in [0.2, 0.25) is 5.91 Å². The van der Waals surface area contributed by atoms with Crippen LogP contribution in [0, 0.1) is 5.41 Å². The number of hydrogen-bond donors (Lipinski definition) is 3. The number of amides is 1. The van der Waals surface area contributed by atoms with E-state index >= 15 is 0 Å². The highest BCUT2D eigenvalue weighted by Crippen LogP contribution is 2.36. The minimum Gasteiger partial charge on any atom is -0.409 e. The van der Waals surface area contributed by atoms with Crippen LogP contribution in [-0.4, -0.2) is 26.5 Å². The smallest absolute Gasteiger partial charge is 0.234 e. The van der Waals surface area contributed by atoms with Crippen LogP contribution in [0.15, 0.2) is 17.5 Å². The number of aromatic nitrogens is 2. The van der Waals surface area contributed by atoms with Crippen molar-refractivity contribution in [2.24, 2.45) is 23.4 Å². The molecule has 1 aromatic heterocycles. The molecule has 1 heterocycles. The number of hydrogen-bond acceptors (Lipinski definition) is 4. The first kappa shape index (κ1) is 14.4. The third kappa shape index (κ3) is 2.61. The lowest BCUT2D eigenvalue weighted by molar-refractivity contribution is -0.129. The van der Waals surface area contributed by atoms with Crippen molar-refractivity contribution in [3.63, 3.8) is 0 Å². The number of nitrogens with zero attached hydrogens (tertiary/aromatic N) is 3. The molecule has 1 fully saturated rings. The number of aryl methyl sites for hydroxylation is 1. The molecule has 0 atom stereocenters. The van der Waals surface area contributed by atoms with Crippen LogP contribution in [0.4, 0.5) is 0 Å². The summed E-state index contributed by atoms with van der Waals surface area (Å²) in [5.74, 6) is 0.592. The summed E-state index contributed by atoms with van der Waals surface area (Å²) < 4.78 is 1.84. The van der Waals surface area contributed by atoms with Crippen molar-refractivity contribution in [2.75, 3.05) is 0 Å². The van der Waals surface area contributed by atoms with Crippen LogP contribution in [0.25, 0.3) is 0 Å². The third-order valence-corrected chi connectivity index (χ3v) is 4.07. The number of imidazole rings is 1. The summed E-state index contributed by atoms with van der Waals surface area (Å²) >= 11 is 0. The molecule has 1 aromatic rings. The van der Waals surface area contributed by atoms with Crippen LogP contribution in [0.1, 0.15) is 37.9 Å². The van der Waals surface area contributed by atoms with Crippen LogP contribution in [0.2, 0.25) is 0 Å². The lowest BCUT2D eigenvalue weighted by Crippen LogP contribution is -2.50. The normalized spacial score (nSPS) is 18.8. The summed E-state index contributed by atoms with van der Waals surface area (Å²) in [5, 5.41) is 14.9. The van der Waals surface area contributed by atoms with E-state index < -0.39 is 5.41 Å². The first-order valence-corrected chi connectivity index (χ1v) is 6.82. The molecule has 0 radical (unpaired) electrons. The number of nitrogens with two attached hydrogens (primary N) is 1. The number of amidine groups is 1. The van der Waals surface area contributed by atoms with E-state index in [0.29, 0.717) is 19.4 Å². The molecule has 1 aliphatic rings. The molecule has 20 heavy (non-hydrogen) atoms. The Balaban J connectivity index is 2.09. The van der Waals surface area contributed by atoms with E-state index in [0.717, 1.165) is 25.1 Å². The van der Waals surface area contributed by atoms with Gasteiger partial charge in [0, 0.05) is 19.4 Å². The highest BCUT2D eigenvalue weighted by molar-refractivity contribution is 6.06. The maximum Gasteiger partial charge on any atom is 0.234 e. The Morgan fingerprint density at radius 2 is 2.25 bits per heavy atom. The Labute approximate surface area is 117 Å². The molecular weight excluding hydrogens is 258 g/mol. The number of rotatable bonds is 4. The minimum atomic E-state index is -0.877. The largest absolute Gasteiger partial charge is 0.409 e. The fourth-order valence-corrected chi connectivity index (χ4v) is 2.75. The summed E-state index contributed by atoms with van der Waals surface area (Å²) in [6.45, 7) is 0.336. The van der Waals surface area contributed by atoms with Gasteiger partial charge in [-0.2, -0.15) is 0 Å². The molecule has 4 N–H and O–H groups in total. The molecule has 0 aromatic carbocycles. The van der Waals surface area contributed by atoms with Crippen molar-refractivity contribution in [3.05, 3.63) is 18.2 Å². The average Bonchev–Trinajstić information content (AvgIpc) is 2.89. The van der Waals surface area contributed by atoms with Gasteiger partial charge in [-0.3, -0.25) is 4.79 Å². The zero-order chi connectivity index (χ0) is 14.6. The molecular formula is C13H21N5O2. The summed E-state index contributed by atoms with van der Waals surface area (Å²) in [6, 6.07) is 0. The molecule has 0 aliphatic heterocycles. The number of carbonyl (C=O) groups excluding carboxylic acids is 1. The van der Waals surface area contributed by atoms with Crippen LogP contribution in [-0.2, 0) is 18.4 Å². The van der Waals surface area contributed by atoms with Gasteiger partial charge in [0.1, 0.15) is 11.2 Å². The molecule has 1 amide bonds. The molecule has 0 bridgehead atoms. The predicted molar refractivity (Wildman–Crippen MR) is 74.0 cm³/mol. The van der Waals surface area contributed by atoms with Gasteiger partial charge in [-0.15, -0.1) is 0 Å². The standard InChI is InChI=1S/C13H21N5O2/c1-18-8-7-15-10(18)9-16-12(19)13(11(14)17-20)5-3-2-4-6-13/h7-8,20H,2-6,9H2,1H3,(H2,14,17)(H,16,19). The lowest BCUT2D eigenvalue weighted by Gasteiger charge is -2.34. The van der Waals surface area contributed by atoms with Crippen molar-refractivity contribution in [1.29, 1.82) is 0 Å². The molecule has 0 spiro atoms. The van der Waals surface area contributed by atoms with Gasteiger partial charge in [0.25, 0.3) is 0 Å². The van der Waals surface area contributed by atoms with Gasteiger partial charge in [0.15, 0.2) is 5.84 Å². The first-order chi connectivity index (χ1) is 9.60. The maximum atomic E-state index is 12.5. The fraction of sp³-hybridized carbons (Fsp3) is 0.615. The van der Waals surface area contributed by atoms with Crippen molar-refractivity contribution >= 4 is 11.7 Å². The lowest BCUT2D eigenvalue weighted by atomic mass is 9.72. The van der Waals surface area contributed by atoms with E-state index in [4.69, 9.17) is 10.9 Å². The second-order valence-electron chi connectivity index (χ2n) is 5.27. The topological polar surface area (TPSA) is 106 Å². The SMILES string of the molecule is Cn1ccnc1CNC(=O)C1(C(N)=NO)CCCCC1. The van der Waals surface area contributed by atoms with Crippen LogP contribution >= 0.6 is 0 Å². The number of oxime groups is 1. The molecule has 7 heteroatoms. The van der Waals surface area contributed by atoms with Gasteiger partial charge in [-0.05, 0) is 12.8 Å². The number of carbonyl (C=O) groups is 1. The first-order valence-electron chi connectivity index (χ1n) is 6.82. The van der Waals surface area contributed by atoms with Crippen LogP contribution in [0.5, 0.6) is 0 Å². The Kier molecular flexibility index (Phi) is 4.26. The fourth-order valence-electron chi connectivity index (χ4n) is 2.75. The van der Waals surface area contributed by atoms with E-state index in [1.807, 2.05) is 17.8 Å². The maximum absolute atomic E-state index is 12.5. The van der Waals surface area contributed by atoms with Crippen LogP contribution in [0.3, 0.4) is 0 Å². The quantitative estimate of drug-likeness (QED) is 0.327. The summed E-state index contributed by atoms with van der Waals surface area (Å²) in [5.41, 5.74) is 4.90. The Bertz CT molecular complexity index is 503. The van der Waals surface area contributed by atoms with Gasteiger partial charge < -0.3 is 20.8 Å². The minimum absolute atomic E-state index is 0.00883. The van der Waals surface area contributed by atoms with E-state index in [9.17, 15) is 4.79 Å². The number of nitrogens with one attached hydrogen (secondary N) is 1. The average molecular weight is 279 g/mol. The van der Waals surface area contributed by atoms with Crippen molar-refractivity contribution < 1.29 is 10.0 Å². The van der Waals surface area contributed by atoms with Gasteiger partial charge in [-0.1, -0.05) is 24.4 Å². The zero-order valence-electron chi connectivity index (χ0n) is 11.7. The van der Waals surface area contributed by atoms with Gasteiger partial charge in [0.05, 0.1) is 6.54 Å². The van der Waals surface area contributed by atoms with Crippen molar-refractivity contribution in [1.82, 2.24) is 14.9 Å². The van der Waals surface area contributed by atoms with Crippen LogP contribution < -0.4 is 11.1 Å². The molecule has 0 saturated heterocycles. The van der Waals surface area contributed by atoms with Crippen molar-refractivity contribution in [2.45, 2.75) is 38.6 Å². The Morgan fingerprint density at radius 1 is 1.55 bits per heavy atom. The van der Waals surface area contributed by atoms with E-state index in [1.165, 1.54) is 0 Å². The molecule has 2 rings (SSSR count). The third-order valence-electron chi connectivity index (χ3n) is 4.07. The molecule has 0 unspecified atom stereocenters. The summed E-state index contributed by atoms with van der Waals surface area (Å²) in [4.78, 5) is 16.7. The van der Waals surface area contributed by atoms with Crippen molar-refractivity contribution in [3.8, 4) is 0 Å². The Morgan fingerprint density at radius 3 is 2.80 bits per heavy atom. The summed E-state index contributed by atoms with van der Waals surface area (Å²) in [6.07, 6.45) is 7.64. The molecule has 1 saturated carbocycles. The van der Waals surface area contributed by atoms with E-state index in [-0.39, 0.29) is 11.7 Å². The van der Waals surface area contributed by atoms with E-state index in [2.05, 4.69) is 15.5 Å². The molecule has 7 nitrogen and oxygen atoms in total. The monoisotopic (exact) mass is 279 g/mol. The second kappa shape index (κ2) is 5.94. The Hall–Kier alpha value is -2.05. The van der Waals surface area contributed by atoms with E-state index in [1.54, 1.807) is 6.20 Å². The highest BCUT2D eigenvalue weighted by atomic mass is 16.4. The predicted octanol–water partition coefficient (Wildman–Crippen LogP) is 0.733. The molecule has 110 valence electrons. The summed E-state index contributed by atoms with van der Waals surface area (Å²) in [7, 11) is 1.87. The highest BCUT2D eigenvalue weighted by Gasteiger charge is 2.43. The van der Waals surface area contributed by atoms with Gasteiger partial charge >= 0.3 is 0 Å². The zero-order valence-corrected chi connectivity index (χ0v) is 11.7. The molecule has 1 aliphatic carbocycles. The second-order valence-corrected chi connectivity index (χ2v) is 5.27. The van der Waals surface area contributed by atoms with Gasteiger partial charge in [-0.25, -0.2) is 4.98 Å².